The summed E-state index contributed by atoms with van der Waals surface area (Å²) >= 11 is 0. The second-order valence-electron chi connectivity index (χ2n) is 5.68. The number of amides is 1. The zero-order valence-corrected chi connectivity index (χ0v) is 13.8. The number of benzene rings is 2. The molecule has 1 aliphatic rings. The summed E-state index contributed by atoms with van der Waals surface area (Å²) in [5.41, 5.74) is 7.65. The highest BCUT2D eigenvalue weighted by atomic mass is 19.1. The molecule has 6 heteroatoms. The molecule has 1 fully saturated rings. The fourth-order valence-corrected chi connectivity index (χ4v) is 2.61. The van der Waals surface area contributed by atoms with Crippen molar-refractivity contribution in [3.05, 3.63) is 72.1 Å². The van der Waals surface area contributed by atoms with E-state index in [0.29, 0.717) is 5.70 Å². The van der Waals surface area contributed by atoms with E-state index in [-0.39, 0.29) is 5.56 Å². The number of rotatable bonds is 5. The summed E-state index contributed by atoms with van der Waals surface area (Å²) in [6.45, 7) is 7.11. The van der Waals surface area contributed by atoms with E-state index < -0.39 is 11.7 Å². The molecule has 3 rings (SSSR count). The molecule has 0 saturated carbocycles. The molecule has 1 aliphatic heterocycles. The van der Waals surface area contributed by atoms with Crippen LogP contribution in [0.5, 0.6) is 0 Å². The smallest absolute Gasteiger partial charge is 0.272 e. The summed E-state index contributed by atoms with van der Waals surface area (Å²) in [5.74, 6) is -1.12. The van der Waals surface area contributed by atoms with Gasteiger partial charge in [0.25, 0.3) is 5.91 Å². The maximum atomic E-state index is 13.6. The van der Waals surface area contributed by atoms with Crippen LogP contribution in [0.3, 0.4) is 0 Å². The van der Waals surface area contributed by atoms with E-state index in [1.54, 1.807) is 6.07 Å². The van der Waals surface area contributed by atoms with E-state index in [2.05, 4.69) is 22.3 Å². The van der Waals surface area contributed by atoms with Gasteiger partial charge >= 0.3 is 0 Å². The maximum Gasteiger partial charge on any atom is 0.272 e. The minimum Gasteiger partial charge on any atom is -0.378 e. The van der Waals surface area contributed by atoms with Gasteiger partial charge in [-0.1, -0.05) is 30.8 Å². The van der Waals surface area contributed by atoms with Gasteiger partial charge in [0, 0.05) is 18.8 Å². The van der Waals surface area contributed by atoms with E-state index >= 15 is 0 Å². The molecule has 130 valence electrons. The number of morpholine rings is 1. The molecule has 0 unspecified atom stereocenters. The summed E-state index contributed by atoms with van der Waals surface area (Å²) in [5, 5.41) is 0. The minimum atomic E-state index is -0.567. The van der Waals surface area contributed by atoms with Crippen LogP contribution in [-0.4, -0.2) is 32.2 Å². The SMILES string of the molecule is C=C(NNC(=O)c1ccccc1F)c1ccc(N2CCOCC2)cc1. The van der Waals surface area contributed by atoms with Gasteiger partial charge in [0.2, 0.25) is 0 Å². The van der Waals surface area contributed by atoms with Gasteiger partial charge in [0.1, 0.15) is 5.82 Å². The average Bonchev–Trinajstić information content (AvgIpc) is 2.67. The summed E-state index contributed by atoms with van der Waals surface area (Å²) in [7, 11) is 0. The Balaban J connectivity index is 1.58. The van der Waals surface area contributed by atoms with E-state index in [0.717, 1.165) is 37.6 Å². The Labute approximate surface area is 146 Å². The molecular formula is C19H20FN3O2. The molecule has 2 aromatic rings. The van der Waals surface area contributed by atoms with Crippen molar-refractivity contribution in [2.45, 2.75) is 0 Å². The highest BCUT2D eigenvalue weighted by Gasteiger charge is 2.12. The van der Waals surface area contributed by atoms with Crippen LogP contribution in [0.2, 0.25) is 0 Å². The first kappa shape index (κ1) is 17.0. The highest BCUT2D eigenvalue weighted by molar-refractivity contribution is 5.94. The van der Waals surface area contributed by atoms with Gasteiger partial charge in [-0.2, -0.15) is 0 Å². The van der Waals surface area contributed by atoms with Crippen molar-refractivity contribution in [3.63, 3.8) is 0 Å². The molecule has 1 saturated heterocycles. The van der Waals surface area contributed by atoms with E-state index in [9.17, 15) is 9.18 Å². The second kappa shape index (κ2) is 7.81. The molecule has 5 nitrogen and oxygen atoms in total. The molecule has 1 heterocycles. The number of nitrogens with one attached hydrogen (secondary N) is 2. The molecule has 0 aromatic heterocycles. The average molecular weight is 341 g/mol. The van der Waals surface area contributed by atoms with Crippen molar-refractivity contribution in [2.24, 2.45) is 0 Å². The number of hydrazine groups is 1. The lowest BCUT2D eigenvalue weighted by Crippen LogP contribution is -2.36. The Morgan fingerprint density at radius 1 is 1.04 bits per heavy atom. The minimum absolute atomic E-state index is 0.0227. The van der Waals surface area contributed by atoms with Gasteiger partial charge in [-0.25, -0.2) is 4.39 Å². The second-order valence-corrected chi connectivity index (χ2v) is 5.68. The van der Waals surface area contributed by atoms with Crippen molar-refractivity contribution in [3.8, 4) is 0 Å². The first-order valence-electron chi connectivity index (χ1n) is 8.08. The molecule has 2 aromatic carbocycles. The summed E-state index contributed by atoms with van der Waals surface area (Å²) in [6.07, 6.45) is 0. The van der Waals surface area contributed by atoms with Crippen LogP contribution < -0.4 is 15.8 Å². The predicted molar refractivity (Wildman–Crippen MR) is 95.5 cm³/mol. The lowest BCUT2D eigenvalue weighted by Gasteiger charge is -2.29. The van der Waals surface area contributed by atoms with E-state index in [1.807, 2.05) is 24.3 Å². The number of hydrogen-bond donors (Lipinski definition) is 2. The van der Waals surface area contributed by atoms with Gasteiger partial charge in [0.15, 0.2) is 0 Å². The third-order valence-electron chi connectivity index (χ3n) is 4.04. The Bertz CT molecular complexity index is 756. The van der Waals surface area contributed by atoms with Gasteiger partial charge in [0.05, 0.1) is 24.5 Å². The lowest BCUT2D eigenvalue weighted by atomic mass is 10.1. The maximum absolute atomic E-state index is 13.6. The largest absolute Gasteiger partial charge is 0.378 e. The van der Waals surface area contributed by atoms with Crippen LogP contribution in [0.15, 0.2) is 55.1 Å². The molecule has 2 N–H and O–H groups in total. The first-order valence-corrected chi connectivity index (χ1v) is 8.08. The van der Waals surface area contributed by atoms with Crippen molar-refractivity contribution < 1.29 is 13.9 Å². The molecule has 0 aliphatic carbocycles. The first-order chi connectivity index (χ1) is 12.1. The number of carbonyl (C=O) groups is 1. The number of halogens is 1. The normalized spacial score (nSPS) is 14.0. The zero-order valence-electron chi connectivity index (χ0n) is 13.8. The lowest BCUT2D eigenvalue weighted by molar-refractivity contribution is 0.0938. The van der Waals surface area contributed by atoms with Crippen molar-refractivity contribution in [1.82, 2.24) is 10.9 Å². The number of carbonyl (C=O) groups excluding carboxylic acids is 1. The van der Waals surface area contributed by atoms with Crippen molar-refractivity contribution >= 4 is 17.3 Å². The van der Waals surface area contributed by atoms with Crippen LogP contribution in [0.1, 0.15) is 15.9 Å². The fraction of sp³-hybridized carbons (Fsp3) is 0.211. The predicted octanol–water partition coefficient (Wildman–Crippen LogP) is 2.57. The molecule has 25 heavy (non-hydrogen) atoms. The Morgan fingerprint density at radius 2 is 1.72 bits per heavy atom. The molecular weight excluding hydrogens is 321 g/mol. The molecule has 1 amide bonds. The number of hydrogen-bond acceptors (Lipinski definition) is 4. The van der Waals surface area contributed by atoms with Crippen molar-refractivity contribution in [1.29, 1.82) is 0 Å². The molecule has 0 atom stereocenters. The molecule has 0 radical (unpaired) electrons. The Morgan fingerprint density at radius 3 is 2.40 bits per heavy atom. The van der Waals surface area contributed by atoms with E-state index in [4.69, 9.17) is 4.74 Å². The Hall–Kier alpha value is -2.86. The fourth-order valence-electron chi connectivity index (χ4n) is 2.61. The van der Waals surface area contributed by atoms with Crippen LogP contribution in [0, 0.1) is 5.82 Å². The van der Waals surface area contributed by atoms with Crippen molar-refractivity contribution in [2.75, 3.05) is 31.2 Å². The van der Waals surface area contributed by atoms with Crippen LogP contribution in [0.25, 0.3) is 5.70 Å². The van der Waals surface area contributed by atoms with Gasteiger partial charge < -0.3 is 9.64 Å². The molecule has 0 spiro atoms. The van der Waals surface area contributed by atoms with Gasteiger partial charge in [-0.3, -0.25) is 15.6 Å². The number of ether oxygens (including phenoxy) is 1. The van der Waals surface area contributed by atoms with Gasteiger partial charge in [-0.15, -0.1) is 0 Å². The standard InChI is InChI=1S/C19H20FN3O2/c1-14(21-22-19(24)17-4-2-3-5-18(17)20)15-6-8-16(9-7-15)23-10-12-25-13-11-23/h2-9,21H,1,10-13H2,(H,22,24). The third kappa shape index (κ3) is 4.16. The molecule has 0 bridgehead atoms. The highest BCUT2D eigenvalue weighted by Crippen LogP contribution is 2.19. The monoisotopic (exact) mass is 341 g/mol. The third-order valence-corrected chi connectivity index (χ3v) is 4.04. The zero-order chi connectivity index (χ0) is 17.6. The van der Waals surface area contributed by atoms with Gasteiger partial charge in [-0.05, 0) is 29.8 Å². The van der Waals surface area contributed by atoms with Crippen LogP contribution in [0.4, 0.5) is 10.1 Å². The van der Waals surface area contributed by atoms with E-state index in [1.165, 1.54) is 18.2 Å². The summed E-state index contributed by atoms with van der Waals surface area (Å²) < 4.78 is 18.9. The van der Waals surface area contributed by atoms with Crippen LogP contribution >= 0.6 is 0 Å². The number of anilines is 1. The quantitative estimate of drug-likeness (QED) is 0.821. The summed E-state index contributed by atoms with van der Waals surface area (Å²) in [4.78, 5) is 14.2. The summed E-state index contributed by atoms with van der Waals surface area (Å²) in [6, 6.07) is 13.7. The Kier molecular flexibility index (Phi) is 5.30. The number of nitrogens with zero attached hydrogens (tertiary/aromatic N) is 1. The van der Waals surface area contributed by atoms with Crippen LogP contribution in [-0.2, 0) is 4.74 Å². The topological polar surface area (TPSA) is 53.6 Å².